The molecule has 2 aromatic rings. The number of nitrogens with zero attached hydrogens (tertiary/aromatic N) is 3. The molecule has 192 valence electrons. The molecule has 0 spiro atoms. The Labute approximate surface area is 211 Å². The van der Waals surface area contributed by atoms with Crippen LogP contribution in [0.2, 0.25) is 0 Å². The highest BCUT2D eigenvalue weighted by Crippen LogP contribution is 2.44. The van der Waals surface area contributed by atoms with E-state index in [1.165, 1.54) is 18.3 Å². The van der Waals surface area contributed by atoms with Gasteiger partial charge < -0.3 is 28.4 Å². The third kappa shape index (κ3) is 6.22. The molecule has 11 heteroatoms. The molecule has 1 unspecified atom stereocenters. The van der Waals surface area contributed by atoms with Gasteiger partial charge in [0.2, 0.25) is 0 Å². The number of carbonyl (C=O) groups excluding carboxylic acids is 1. The fourth-order valence-electron chi connectivity index (χ4n) is 3.82. The number of aromatic nitrogens is 2. The van der Waals surface area contributed by atoms with Crippen molar-refractivity contribution < 1.29 is 33.2 Å². The molecule has 1 aliphatic rings. The standard InChI is InChI=1S/C24H33N3O7S/c1-23(2,3)34-21(28)27-16(13-32-24(27,4)5)20(33-22(35)26-12-11-25-14-26)19-17(30-7)9-8-10-18(19)31-15-29-6/h8-12,14,16,20H,13,15H2,1-7H3/t16-,20?/m1/s1. The van der Waals surface area contributed by atoms with Gasteiger partial charge in [0.25, 0.3) is 5.17 Å². The van der Waals surface area contributed by atoms with Crippen molar-refractivity contribution in [1.82, 2.24) is 14.5 Å². The number of hydrogen-bond donors (Lipinski definition) is 0. The van der Waals surface area contributed by atoms with Crippen molar-refractivity contribution >= 4 is 23.5 Å². The summed E-state index contributed by atoms with van der Waals surface area (Å²) in [5.74, 6) is 0.948. The van der Waals surface area contributed by atoms with Crippen LogP contribution in [-0.4, -0.2) is 70.7 Å². The van der Waals surface area contributed by atoms with Crippen molar-refractivity contribution in [2.75, 3.05) is 27.6 Å². The maximum absolute atomic E-state index is 13.4. The second-order valence-electron chi connectivity index (χ2n) is 9.37. The van der Waals surface area contributed by atoms with E-state index in [4.69, 9.17) is 40.6 Å². The predicted molar refractivity (Wildman–Crippen MR) is 131 cm³/mol. The summed E-state index contributed by atoms with van der Waals surface area (Å²) in [6, 6.07) is 4.71. The van der Waals surface area contributed by atoms with Crippen LogP contribution in [0.25, 0.3) is 0 Å². The Morgan fingerprint density at radius 2 is 2.00 bits per heavy atom. The molecule has 1 saturated heterocycles. The van der Waals surface area contributed by atoms with Gasteiger partial charge in [-0.25, -0.2) is 9.78 Å². The van der Waals surface area contributed by atoms with E-state index in [0.717, 1.165) is 0 Å². The first kappa shape index (κ1) is 26.7. The average Bonchev–Trinajstić information content (AvgIpc) is 3.42. The lowest BCUT2D eigenvalue weighted by Gasteiger charge is -2.38. The first-order chi connectivity index (χ1) is 16.5. The van der Waals surface area contributed by atoms with Gasteiger partial charge in [-0.3, -0.25) is 9.47 Å². The Balaban J connectivity index is 2.12. The highest BCUT2D eigenvalue weighted by atomic mass is 32.1. The molecule has 3 rings (SSSR count). The van der Waals surface area contributed by atoms with Gasteiger partial charge in [0.1, 0.15) is 35.2 Å². The van der Waals surface area contributed by atoms with E-state index in [9.17, 15) is 4.79 Å². The van der Waals surface area contributed by atoms with E-state index in [1.807, 2.05) is 20.8 Å². The molecular formula is C24H33N3O7S. The molecule has 35 heavy (non-hydrogen) atoms. The van der Waals surface area contributed by atoms with Crippen molar-refractivity contribution in [3.8, 4) is 11.5 Å². The van der Waals surface area contributed by atoms with Crippen LogP contribution in [0.4, 0.5) is 4.79 Å². The topological polar surface area (TPSA) is 93.5 Å². The minimum Gasteiger partial charge on any atom is -0.496 e. The largest absolute Gasteiger partial charge is 0.496 e. The fraction of sp³-hybridized carbons (Fsp3) is 0.542. The Morgan fingerprint density at radius 1 is 1.29 bits per heavy atom. The van der Waals surface area contributed by atoms with Crippen LogP contribution in [0.15, 0.2) is 36.9 Å². The van der Waals surface area contributed by atoms with E-state index in [2.05, 4.69) is 4.98 Å². The van der Waals surface area contributed by atoms with Crippen LogP contribution in [0.5, 0.6) is 11.5 Å². The molecule has 2 atom stereocenters. The van der Waals surface area contributed by atoms with Gasteiger partial charge in [0.05, 0.1) is 19.3 Å². The Kier molecular flexibility index (Phi) is 8.24. The summed E-state index contributed by atoms with van der Waals surface area (Å²) in [6.07, 6.45) is 3.41. The number of hydrogen-bond acceptors (Lipinski definition) is 9. The maximum Gasteiger partial charge on any atom is 0.413 e. The lowest BCUT2D eigenvalue weighted by atomic mass is 9.99. The summed E-state index contributed by atoms with van der Waals surface area (Å²) >= 11 is 5.56. The summed E-state index contributed by atoms with van der Waals surface area (Å²) in [5, 5.41) is 0.130. The van der Waals surface area contributed by atoms with E-state index in [0.29, 0.717) is 17.1 Å². The lowest BCUT2D eigenvalue weighted by molar-refractivity contribution is -0.0675. The third-order valence-corrected chi connectivity index (χ3v) is 5.57. The Hall–Kier alpha value is -2.89. The number of methoxy groups -OCH3 is 2. The Bertz CT molecular complexity index is 1020. The number of thiocarbonyl (C=S) groups is 1. The van der Waals surface area contributed by atoms with Crippen LogP contribution in [0, 0.1) is 0 Å². The molecule has 1 amide bonds. The number of benzene rings is 1. The van der Waals surface area contributed by atoms with E-state index >= 15 is 0 Å². The third-order valence-electron chi connectivity index (χ3n) is 5.26. The fourth-order valence-corrected chi connectivity index (χ4v) is 4.03. The van der Waals surface area contributed by atoms with Gasteiger partial charge in [0.15, 0.2) is 12.9 Å². The summed E-state index contributed by atoms with van der Waals surface area (Å²) in [6.45, 7) is 9.18. The zero-order valence-corrected chi connectivity index (χ0v) is 22.0. The number of amides is 1. The van der Waals surface area contributed by atoms with Crippen molar-refractivity contribution in [2.24, 2.45) is 0 Å². The van der Waals surface area contributed by atoms with E-state index < -0.39 is 29.6 Å². The number of ether oxygens (including phenoxy) is 6. The molecule has 10 nitrogen and oxygen atoms in total. The molecule has 1 aromatic carbocycles. The van der Waals surface area contributed by atoms with Crippen LogP contribution < -0.4 is 9.47 Å². The molecule has 0 N–H and O–H groups in total. The van der Waals surface area contributed by atoms with Crippen LogP contribution in [0.3, 0.4) is 0 Å². The van der Waals surface area contributed by atoms with E-state index in [-0.39, 0.29) is 18.6 Å². The SMILES string of the molecule is COCOc1cccc(OC)c1C(OC(=S)n1ccnc1)[C@H]1COC(C)(C)N1C(=O)OC(C)(C)C. The second kappa shape index (κ2) is 10.8. The molecule has 0 radical (unpaired) electrons. The molecule has 1 fully saturated rings. The van der Waals surface area contributed by atoms with Gasteiger partial charge in [-0.2, -0.15) is 0 Å². The van der Waals surface area contributed by atoms with Crippen molar-refractivity contribution in [3.63, 3.8) is 0 Å². The predicted octanol–water partition coefficient (Wildman–Crippen LogP) is 4.14. The van der Waals surface area contributed by atoms with Crippen molar-refractivity contribution in [3.05, 3.63) is 42.5 Å². The summed E-state index contributed by atoms with van der Waals surface area (Å²) < 4.78 is 36.3. The smallest absolute Gasteiger partial charge is 0.413 e. The zero-order chi connectivity index (χ0) is 25.8. The quantitative estimate of drug-likeness (QED) is 0.405. The minimum absolute atomic E-state index is 0.00128. The molecule has 0 aliphatic carbocycles. The molecule has 0 bridgehead atoms. The van der Waals surface area contributed by atoms with E-state index in [1.54, 1.807) is 56.1 Å². The molecule has 2 heterocycles. The number of carbonyl (C=O) groups is 1. The molecule has 0 saturated carbocycles. The van der Waals surface area contributed by atoms with Gasteiger partial charge in [0, 0.05) is 19.5 Å². The first-order valence-electron chi connectivity index (χ1n) is 11.1. The van der Waals surface area contributed by atoms with Gasteiger partial charge in [-0.05, 0) is 59.0 Å². The average molecular weight is 508 g/mol. The van der Waals surface area contributed by atoms with Crippen molar-refractivity contribution in [2.45, 2.75) is 58.1 Å². The molecule has 1 aliphatic heterocycles. The number of rotatable bonds is 7. The normalized spacial score (nSPS) is 18.1. The lowest BCUT2D eigenvalue weighted by Crippen LogP contribution is -2.52. The highest BCUT2D eigenvalue weighted by Gasteiger charge is 2.51. The maximum atomic E-state index is 13.4. The van der Waals surface area contributed by atoms with Gasteiger partial charge in [-0.15, -0.1) is 0 Å². The second-order valence-corrected chi connectivity index (χ2v) is 9.72. The van der Waals surface area contributed by atoms with Crippen molar-refractivity contribution in [1.29, 1.82) is 0 Å². The van der Waals surface area contributed by atoms with Crippen LogP contribution >= 0.6 is 12.2 Å². The summed E-state index contributed by atoms with van der Waals surface area (Å²) in [5.41, 5.74) is -1.13. The molecule has 1 aromatic heterocycles. The first-order valence-corrected chi connectivity index (χ1v) is 11.5. The monoisotopic (exact) mass is 507 g/mol. The minimum atomic E-state index is -0.971. The summed E-state index contributed by atoms with van der Waals surface area (Å²) in [7, 11) is 3.07. The van der Waals surface area contributed by atoms with Crippen LogP contribution in [-0.2, 0) is 18.9 Å². The Morgan fingerprint density at radius 3 is 2.60 bits per heavy atom. The van der Waals surface area contributed by atoms with Crippen LogP contribution in [0.1, 0.15) is 46.3 Å². The highest BCUT2D eigenvalue weighted by molar-refractivity contribution is 7.80. The van der Waals surface area contributed by atoms with Gasteiger partial charge in [-0.1, -0.05) is 6.07 Å². The zero-order valence-electron chi connectivity index (χ0n) is 21.1. The number of imidazole rings is 1. The van der Waals surface area contributed by atoms with Gasteiger partial charge >= 0.3 is 6.09 Å². The molecular weight excluding hydrogens is 474 g/mol. The summed E-state index contributed by atoms with van der Waals surface area (Å²) in [4.78, 5) is 19.0.